The van der Waals surface area contributed by atoms with Gasteiger partial charge in [0.05, 0.1) is 13.0 Å². The average Bonchev–Trinajstić information content (AvgIpc) is 2.46. The first-order chi connectivity index (χ1) is 9.19. The average molecular weight is 264 g/mol. The monoisotopic (exact) mass is 264 g/mol. The zero-order valence-electron chi connectivity index (χ0n) is 12.0. The first-order valence-electron chi connectivity index (χ1n) is 6.81. The van der Waals surface area contributed by atoms with E-state index < -0.39 is 0 Å². The molecule has 1 unspecified atom stereocenters. The van der Waals surface area contributed by atoms with E-state index in [4.69, 9.17) is 4.74 Å². The van der Waals surface area contributed by atoms with Gasteiger partial charge in [-0.25, -0.2) is 0 Å². The fraction of sp³-hybridized carbons (Fsp3) is 0.533. The Bertz CT molecular complexity index is 376. The Kier molecular flexibility index (Phi) is 6.97. The smallest absolute Gasteiger partial charge is 0.227 e. The van der Waals surface area contributed by atoms with Gasteiger partial charge in [-0.3, -0.25) is 4.79 Å². The molecule has 0 heterocycles. The van der Waals surface area contributed by atoms with Gasteiger partial charge in [-0.2, -0.15) is 0 Å². The minimum atomic E-state index is -0.142. The van der Waals surface area contributed by atoms with Crippen molar-refractivity contribution < 1.29 is 9.53 Å². The van der Waals surface area contributed by atoms with Crippen LogP contribution < -0.4 is 15.4 Å². The van der Waals surface area contributed by atoms with Gasteiger partial charge in [0.15, 0.2) is 0 Å². The van der Waals surface area contributed by atoms with Crippen molar-refractivity contribution in [1.29, 1.82) is 0 Å². The molecule has 1 aromatic carbocycles. The number of nitrogens with one attached hydrogen (secondary N) is 2. The summed E-state index contributed by atoms with van der Waals surface area (Å²) in [5.41, 5.74) is 1.000. The lowest BCUT2D eigenvalue weighted by molar-refractivity contribution is -0.122. The highest BCUT2D eigenvalue weighted by Gasteiger charge is 2.14. The van der Waals surface area contributed by atoms with E-state index >= 15 is 0 Å². The molecule has 0 aromatic heterocycles. The number of methoxy groups -OCH3 is 1. The summed E-state index contributed by atoms with van der Waals surface area (Å²) in [7, 11) is 1.63. The summed E-state index contributed by atoms with van der Waals surface area (Å²) in [4.78, 5) is 12.0. The van der Waals surface area contributed by atoms with Gasteiger partial charge in [0.2, 0.25) is 5.91 Å². The van der Waals surface area contributed by atoms with E-state index in [2.05, 4.69) is 17.6 Å². The van der Waals surface area contributed by atoms with E-state index in [1.54, 1.807) is 7.11 Å². The zero-order valence-corrected chi connectivity index (χ0v) is 12.0. The third-order valence-corrected chi connectivity index (χ3v) is 3.04. The molecule has 1 rings (SSSR count). The van der Waals surface area contributed by atoms with Gasteiger partial charge in [-0.05, 0) is 37.6 Å². The van der Waals surface area contributed by atoms with Crippen molar-refractivity contribution in [3.8, 4) is 5.75 Å². The molecule has 1 amide bonds. The number of carbonyl (C=O) groups excluding carboxylic acids is 1. The van der Waals surface area contributed by atoms with Crippen molar-refractivity contribution in [2.45, 2.75) is 26.2 Å². The molecule has 4 heteroatoms. The van der Waals surface area contributed by atoms with E-state index in [1.807, 2.05) is 31.2 Å². The quantitative estimate of drug-likeness (QED) is 0.705. The highest BCUT2D eigenvalue weighted by Crippen LogP contribution is 2.18. The van der Waals surface area contributed by atoms with E-state index in [-0.39, 0.29) is 11.8 Å². The molecule has 2 N–H and O–H groups in total. The van der Waals surface area contributed by atoms with Crippen LogP contribution in [0.3, 0.4) is 0 Å². The molecule has 0 saturated heterocycles. The number of hydrogen-bond acceptors (Lipinski definition) is 3. The molecule has 1 atom stereocenters. The molecule has 0 radical (unpaired) electrons. The number of ether oxygens (including phenoxy) is 1. The predicted molar refractivity (Wildman–Crippen MR) is 77.6 cm³/mol. The molecule has 0 aliphatic carbocycles. The van der Waals surface area contributed by atoms with Gasteiger partial charge < -0.3 is 15.4 Å². The molecule has 4 nitrogen and oxygen atoms in total. The fourth-order valence-electron chi connectivity index (χ4n) is 1.77. The predicted octanol–water partition coefficient (Wildman–Crippen LogP) is 1.91. The summed E-state index contributed by atoms with van der Waals surface area (Å²) in [6, 6.07) is 7.61. The van der Waals surface area contributed by atoms with Crippen LogP contribution in [0.25, 0.3) is 0 Å². The molecule has 106 valence electrons. The van der Waals surface area contributed by atoms with Crippen LogP contribution in [0, 0.1) is 0 Å². The molecule has 0 fully saturated rings. The van der Waals surface area contributed by atoms with Gasteiger partial charge in [-0.1, -0.05) is 19.1 Å². The minimum absolute atomic E-state index is 0.0588. The lowest BCUT2D eigenvalue weighted by atomic mass is 10.0. The van der Waals surface area contributed by atoms with Crippen LogP contribution in [0.2, 0.25) is 0 Å². The van der Waals surface area contributed by atoms with Crippen molar-refractivity contribution in [3.05, 3.63) is 29.8 Å². The van der Waals surface area contributed by atoms with Crippen LogP contribution in [0.15, 0.2) is 24.3 Å². The van der Waals surface area contributed by atoms with Crippen molar-refractivity contribution in [3.63, 3.8) is 0 Å². The molecule has 0 aliphatic rings. The topological polar surface area (TPSA) is 50.4 Å². The van der Waals surface area contributed by atoms with Crippen LogP contribution in [-0.2, 0) is 4.79 Å². The first kappa shape index (κ1) is 15.5. The fourth-order valence-corrected chi connectivity index (χ4v) is 1.77. The number of hydrogen-bond donors (Lipinski definition) is 2. The van der Waals surface area contributed by atoms with E-state index in [1.165, 1.54) is 0 Å². The zero-order chi connectivity index (χ0) is 14.1. The molecule has 0 spiro atoms. The largest absolute Gasteiger partial charge is 0.497 e. The van der Waals surface area contributed by atoms with Gasteiger partial charge in [0.1, 0.15) is 5.75 Å². The van der Waals surface area contributed by atoms with E-state index in [9.17, 15) is 4.79 Å². The lowest BCUT2D eigenvalue weighted by Gasteiger charge is -2.13. The number of amides is 1. The van der Waals surface area contributed by atoms with Crippen molar-refractivity contribution in [2.75, 3.05) is 26.7 Å². The summed E-state index contributed by atoms with van der Waals surface area (Å²) in [6.07, 6.45) is 1.11. The Hall–Kier alpha value is -1.55. The van der Waals surface area contributed by atoms with E-state index in [0.717, 1.165) is 30.8 Å². The second-order valence-electron chi connectivity index (χ2n) is 4.54. The van der Waals surface area contributed by atoms with E-state index in [0.29, 0.717) is 6.54 Å². The Morgan fingerprint density at radius 3 is 2.47 bits per heavy atom. The van der Waals surface area contributed by atoms with Crippen LogP contribution in [0.4, 0.5) is 0 Å². The normalized spacial score (nSPS) is 11.9. The van der Waals surface area contributed by atoms with Crippen molar-refractivity contribution >= 4 is 5.91 Å². The standard InChI is InChI=1S/C15H24N2O2/c1-4-9-16-10-11-17-15(18)12(2)13-5-7-14(19-3)8-6-13/h5-8,12,16H,4,9-11H2,1-3H3,(H,17,18). The molecule has 0 aliphatic heterocycles. The Labute approximate surface area is 115 Å². The highest BCUT2D eigenvalue weighted by atomic mass is 16.5. The van der Waals surface area contributed by atoms with Crippen LogP contribution >= 0.6 is 0 Å². The number of carbonyl (C=O) groups is 1. The second-order valence-corrected chi connectivity index (χ2v) is 4.54. The second kappa shape index (κ2) is 8.53. The number of benzene rings is 1. The SMILES string of the molecule is CCCNCCNC(=O)C(C)c1ccc(OC)cc1. The Morgan fingerprint density at radius 2 is 1.89 bits per heavy atom. The first-order valence-corrected chi connectivity index (χ1v) is 6.81. The van der Waals surface area contributed by atoms with Crippen LogP contribution in [-0.4, -0.2) is 32.7 Å². The Morgan fingerprint density at radius 1 is 1.21 bits per heavy atom. The maximum atomic E-state index is 12.0. The maximum Gasteiger partial charge on any atom is 0.227 e. The van der Waals surface area contributed by atoms with Gasteiger partial charge in [0, 0.05) is 13.1 Å². The summed E-state index contributed by atoms with van der Waals surface area (Å²) in [5, 5.41) is 6.19. The summed E-state index contributed by atoms with van der Waals surface area (Å²) < 4.78 is 5.10. The lowest BCUT2D eigenvalue weighted by Crippen LogP contribution is -2.34. The maximum absolute atomic E-state index is 12.0. The third kappa shape index (κ3) is 5.30. The molecule has 0 bridgehead atoms. The highest BCUT2D eigenvalue weighted by molar-refractivity contribution is 5.83. The Balaban J connectivity index is 2.38. The summed E-state index contributed by atoms with van der Waals surface area (Å²) in [5.74, 6) is 0.723. The molecule has 1 aromatic rings. The van der Waals surface area contributed by atoms with Crippen molar-refractivity contribution in [2.24, 2.45) is 0 Å². The van der Waals surface area contributed by atoms with Crippen LogP contribution in [0.5, 0.6) is 5.75 Å². The minimum Gasteiger partial charge on any atom is -0.497 e. The number of rotatable bonds is 8. The summed E-state index contributed by atoms with van der Waals surface area (Å²) >= 11 is 0. The van der Waals surface area contributed by atoms with Crippen molar-refractivity contribution in [1.82, 2.24) is 10.6 Å². The molecule has 19 heavy (non-hydrogen) atoms. The summed E-state index contributed by atoms with van der Waals surface area (Å²) in [6.45, 7) is 6.51. The van der Waals surface area contributed by atoms with Gasteiger partial charge in [0.25, 0.3) is 0 Å². The molecular weight excluding hydrogens is 240 g/mol. The molecule has 0 saturated carbocycles. The molecular formula is C15H24N2O2. The third-order valence-electron chi connectivity index (χ3n) is 3.04. The van der Waals surface area contributed by atoms with Gasteiger partial charge >= 0.3 is 0 Å². The van der Waals surface area contributed by atoms with Crippen LogP contribution in [0.1, 0.15) is 31.7 Å². The van der Waals surface area contributed by atoms with Gasteiger partial charge in [-0.15, -0.1) is 0 Å².